The first-order valence-corrected chi connectivity index (χ1v) is 6.70. The summed E-state index contributed by atoms with van der Waals surface area (Å²) in [5.74, 6) is -0.431. The molecule has 0 aliphatic carbocycles. The van der Waals surface area contributed by atoms with Gasteiger partial charge in [0, 0.05) is 20.7 Å². The number of nitrogen functional groups attached to an aromatic ring is 1. The first-order chi connectivity index (χ1) is 9.08. The number of esters is 1. The molecule has 0 aliphatic heterocycles. The van der Waals surface area contributed by atoms with Gasteiger partial charge in [0.2, 0.25) is 0 Å². The maximum absolute atomic E-state index is 11.9. The minimum absolute atomic E-state index is 0.133. The van der Waals surface area contributed by atoms with Gasteiger partial charge in [0.15, 0.2) is 0 Å². The Hall–Kier alpha value is -1.52. The van der Waals surface area contributed by atoms with E-state index in [4.69, 9.17) is 22.1 Å². The van der Waals surface area contributed by atoms with Crippen molar-refractivity contribution in [3.63, 3.8) is 0 Å². The molecule has 2 rings (SSSR count). The van der Waals surface area contributed by atoms with E-state index in [2.05, 4.69) is 15.9 Å². The van der Waals surface area contributed by atoms with Crippen molar-refractivity contribution < 1.29 is 9.53 Å². The maximum Gasteiger partial charge on any atom is 0.338 e. The van der Waals surface area contributed by atoms with Gasteiger partial charge in [-0.3, -0.25) is 0 Å². The lowest BCUT2D eigenvalue weighted by atomic mass is 10.2. The maximum atomic E-state index is 11.9. The number of benzene rings is 2. The van der Waals surface area contributed by atoms with Gasteiger partial charge in [-0.05, 0) is 40.2 Å². The smallest absolute Gasteiger partial charge is 0.338 e. The van der Waals surface area contributed by atoms with Crippen LogP contribution in [0, 0.1) is 0 Å². The second-order valence-electron chi connectivity index (χ2n) is 3.90. The summed E-state index contributed by atoms with van der Waals surface area (Å²) in [6.07, 6.45) is 0. The van der Waals surface area contributed by atoms with Crippen LogP contribution in [0.25, 0.3) is 0 Å². The summed E-state index contributed by atoms with van der Waals surface area (Å²) in [5.41, 5.74) is 7.38. The van der Waals surface area contributed by atoms with Crippen molar-refractivity contribution >= 4 is 39.2 Å². The summed E-state index contributed by atoms with van der Waals surface area (Å²) in [6, 6.07) is 12.2. The molecule has 0 aromatic heterocycles. The fraction of sp³-hybridized carbons (Fsp3) is 0.0714. The van der Waals surface area contributed by atoms with E-state index in [1.54, 1.807) is 24.3 Å². The third-order valence-corrected chi connectivity index (χ3v) is 3.64. The van der Waals surface area contributed by atoms with Crippen molar-refractivity contribution in [2.75, 3.05) is 5.73 Å². The Morgan fingerprint density at radius 2 is 2.00 bits per heavy atom. The number of carbonyl (C=O) groups is 1. The Bertz CT molecular complexity index is 616. The zero-order chi connectivity index (χ0) is 13.8. The summed E-state index contributed by atoms with van der Waals surface area (Å²) in [6.45, 7) is 0.133. The van der Waals surface area contributed by atoms with Crippen LogP contribution in [-0.2, 0) is 11.3 Å². The van der Waals surface area contributed by atoms with Gasteiger partial charge in [0.1, 0.15) is 6.61 Å². The predicted molar refractivity (Wildman–Crippen MR) is 79.1 cm³/mol. The molecule has 0 radical (unpaired) electrons. The molecular weight excluding hydrogens is 330 g/mol. The van der Waals surface area contributed by atoms with Crippen molar-refractivity contribution in [2.24, 2.45) is 0 Å². The van der Waals surface area contributed by atoms with Crippen LogP contribution in [0.2, 0.25) is 5.02 Å². The Kier molecular flexibility index (Phi) is 4.45. The zero-order valence-corrected chi connectivity index (χ0v) is 12.2. The minimum atomic E-state index is -0.431. The molecule has 0 atom stereocenters. The number of anilines is 1. The average Bonchev–Trinajstić information content (AvgIpc) is 2.40. The van der Waals surface area contributed by atoms with E-state index in [-0.39, 0.29) is 6.61 Å². The quantitative estimate of drug-likeness (QED) is 0.677. The van der Waals surface area contributed by atoms with Crippen LogP contribution < -0.4 is 5.73 Å². The van der Waals surface area contributed by atoms with Crippen molar-refractivity contribution in [1.29, 1.82) is 0 Å². The van der Waals surface area contributed by atoms with Crippen LogP contribution in [0.1, 0.15) is 15.9 Å². The Balaban J connectivity index is 2.05. The highest BCUT2D eigenvalue weighted by atomic mass is 79.9. The monoisotopic (exact) mass is 339 g/mol. The molecule has 0 bridgehead atoms. The van der Waals surface area contributed by atoms with E-state index in [1.807, 2.05) is 18.2 Å². The molecular formula is C14H11BrClNO2. The molecule has 19 heavy (non-hydrogen) atoms. The molecule has 0 saturated heterocycles. The molecule has 5 heteroatoms. The summed E-state index contributed by atoms with van der Waals surface area (Å²) in [7, 11) is 0. The molecule has 0 amide bonds. The second-order valence-corrected chi connectivity index (χ2v) is 5.17. The molecule has 0 fully saturated rings. The zero-order valence-electron chi connectivity index (χ0n) is 9.90. The SMILES string of the molecule is Nc1cc(C(=O)OCc2ccccc2Cl)ccc1Br. The fourth-order valence-electron chi connectivity index (χ4n) is 1.51. The number of hydrogen-bond acceptors (Lipinski definition) is 3. The third-order valence-electron chi connectivity index (χ3n) is 2.55. The fourth-order valence-corrected chi connectivity index (χ4v) is 1.95. The van der Waals surface area contributed by atoms with E-state index >= 15 is 0 Å². The number of ether oxygens (including phenoxy) is 1. The van der Waals surface area contributed by atoms with Crippen LogP contribution in [0.3, 0.4) is 0 Å². The van der Waals surface area contributed by atoms with Gasteiger partial charge in [-0.15, -0.1) is 0 Å². The van der Waals surface area contributed by atoms with Gasteiger partial charge >= 0.3 is 5.97 Å². The Morgan fingerprint density at radius 1 is 1.26 bits per heavy atom. The van der Waals surface area contributed by atoms with Gasteiger partial charge in [-0.1, -0.05) is 29.8 Å². The van der Waals surface area contributed by atoms with Crippen LogP contribution in [0.15, 0.2) is 46.9 Å². The summed E-state index contributed by atoms with van der Waals surface area (Å²) >= 11 is 9.25. The molecule has 0 heterocycles. The van der Waals surface area contributed by atoms with Crippen LogP contribution in [-0.4, -0.2) is 5.97 Å². The molecule has 98 valence electrons. The summed E-state index contributed by atoms with van der Waals surface area (Å²) in [5, 5.41) is 0.575. The molecule has 0 unspecified atom stereocenters. The minimum Gasteiger partial charge on any atom is -0.457 e. The van der Waals surface area contributed by atoms with E-state index in [0.29, 0.717) is 16.3 Å². The first-order valence-electron chi connectivity index (χ1n) is 5.53. The van der Waals surface area contributed by atoms with E-state index in [9.17, 15) is 4.79 Å². The third kappa shape index (κ3) is 3.49. The largest absolute Gasteiger partial charge is 0.457 e. The van der Waals surface area contributed by atoms with Gasteiger partial charge in [0.05, 0.1) is 5.56 Å². The van der Waals surface area contributed by atoms with Gasteiger partial charge < -0.3 is 10.5 Å². The lowest BCUT2D eigenvalue weighted by molar-refractivity contribution is 0.0473. The first kappa shape index (κ1) is 13.9. The Labute approximate surface area is 124 Å². The lowest BCUT2D eigenvalue weighted by Gasteiger charge is -2.07. The highest BCUT2D eigenvalue weighted by molar-refractivity contribution is 9.10. The van der Waals surface area contributed by atoms with E-state index < -0.39 is 5.97 Å². The number of nitrogens with two attached hydrogens (primary N) is 1. The molecule has 0 spiro atoms. The lowest BCUT2D eigenvalue weighted by Crippen LogP contribution is -2.06. The molecule has 2 aromatic carbocycles. The highest BCUT2D eigenvalue weighted by Crippen LogP contribution is 2.21. The molecule has 2 N–H and O–H groups in total. The molecule has 0 saturated carbocycles. The standard InChI is InChI=1S/C14H11BrClNO2/c15-11-6-5-9(7-13(11)17)14(18)19-8-10-3-1-2-4-12(10)16/h1-7H,8,17H2. The topological polar surface area (TPSA) is 52.3 Å². The van der Waals surface area contributed by atoms with Crippen molar-refractivity contribution in [3.8, 4) is 0 Å². The Morgan fingerprint density at radius 3 is 2.68 bits per heavy atom. The average molecular weight is 341 g/mol. The predicted octanol–water partition coefficient (Wildman–Crippen LogP) is 4.04. The van der Waals surface area contributed by atoms with Crippen molar-refractivity contribution in [2.45, 2.75) is 6.61 Å². The van der Waals surface area contributed by atoms with Crippen molar-refractivity contribution in [3.05, 3.63) is 63.1 Å². The van der Waals surface area contributed by atoms with Gasteiger partial charge in [-0.2, -0.15) is 0 Å². The van der Waals surface area contributed by atoms with Crippen molar-refractivity contribution in [1.82, 2.24) is 0 Å². The van der Waals surface area contributed by atoms with Crippen LogP contribution in [0.5, 0.6) is 0 Å². The van der Waals surface area contributed by atoms with E-state index in [1.165, 1.54) is 0 Å². The highest BCUT2D eigenvalue weighted by Gasteiger charge is 2.10. The molecule has 2 aromatic rings. The summed E-state index contributed by atoms with van der Waals surface area (Å²) in [4.78, 5) is 11.9. The van der Waals surface area contributed by atoms with Gasteiger partial charge in [0.25, 0.3) is 0 Å². The number of halogens is 2. The second kappa shape index (κ2) is 6.08. The van der Waals surface area contributed by atoms with E-state index in [0.717, 1.165) is 10.0 Å². The van der Waals surface area contributed by atoms with Crippen LogP contribution >= 0.6 is 27.5 Å². The van der Waals surface area contributed by atoms with Gasteiger partial charge in [-0.25, -0.2) is 4.79 Å². The number of carbonyl (C=O) groups excluding carboxylic acids is 1. The normalized spacial score (nSPS) is 10.2. The number of hydrogen-bond donors (Lipinski definition) is 1. The molecule has 0 aliphatic rings. The van der Waals surface area contributed by atoms with Crippen LogP contribution in [0.4, 0.5) is 5.69 Å². The summed E-state index contributed by atoms with van der Waals surface area (Å²) < 4.78 is 5.94. The number of rotatable bonds is 3. The molecule has 3 nitrogen and oxygen atoms in total.